The van der Waals surface area contributed by atoms with Crippen LogP contribution in [0.15, 0.2) is 71.1 Å². The number of nitrogens with one attached hydrogen (secondary N) is 1. The highest BCUT2D eigenvalue weighted by molar-refractivity contribution is 7.12. The number of rotatable bonds is 9. The topological polar surface area (TPSA) is 83.5 Å². The Bertz CT molecular complexity index is 1230. The summed E-state index contributed by atoms with van der Waals surface area (Å²) < 4.78 is 25.2. The number of thiophene rings is 1. The molecule has 3 amide bonds. The molecule has 0 radical (unpaired) electrons. The molecule has 0 saturated heterocycles. The second-order valence-corrected chi connectivity index (χ2v) is 9.00. The van der Waals surface area contributed by atoms with Gasteiger partial charge in [0.05, 0.1) is 36.0 Å². The maximum absolute atomic E-state index is 14.7. The first-order chi connectivity index (χ1) is 17.5. The van der Waals surface area contributed by atoms with Crippen molar-refractivity contribution in [1.82, 2.24) is 9.91 Å². The number of hydrogen-bond acceptors (Lipinski definition) is 6. The van der Waals surface area contributed by atoms with Crippen molar-refractivity contribution in [3.8, 4) is 5.75 Å². The van der Waals surface area contributed by atoms with Crippen molar-refractivity contribution in [2.24, 2.45) is 5.10 Å². The average molecular weight is 511 g/mol. The normalized spacial score (nSPS) is 14.9. The zero-order valence-corrected chi connectivity index (χ0v) is 20.8. The smallest absolute Gasteiger partial charge is 0.322 e. The van der Waals surface area contributed by atoms with Gasteiger partial charge in [-0.15, -0.1) is 11.3 Å². The van der Waals surface area contributed by atoms with Crippen molar-refractivity contribution in [1.29, 1.82) is 0 Å². The first-order valence-corrected chi connectivity index (χ1v) is 12.3. The number of hydrazone groups is 1. The second-order valence-electron chi connectivity index (χ2n) is 8.05. The molecule has 1 atom stereocenters. The fourth-order valence-corrected chi connectivity index (χ4v) is 4.67. The summed E-state index contributed by atoms with van der Waals surface area (Å²) in [5.74, 6) is -0.345. The number of hydrogen-bond donors (Lipinski definition) is 1. The minimum absolute atomic E-state index is 0.170. The van der Waals surface area contributed by atoms with Gasteiger partial charge in [0, 0.05) is 25.6 Å². The Morgan fingerprint density at radius 2 is 1.92 bits per heavy atom. The summed E-state index contributed by atoms with van der Waals surface area (Å²) in [6.07, 6.45) is 0.374. The van der Waals surface area contributed by atoms with Crippen LogP contribution in [0.2, 0.25) is 0 Å². The predicted molar refractivity (Wildman–Crippen MR) is 137 cm³/mol. The van der Waals surface area contributed by atoms with Crippen LogP contribution in [-0.2, 0) is 9.53 Å². The molecular weight excluding hydrogens is 483 g/mol. The summed E-state index contributed by atoms with van der Waals surface area (Å²) in [6.45, 7) is 0.131. The number of ether oxygens (including phenoxy) is 2. The van der Waals surface area contributed by atoms with Crippen molar-refractivity contribution in [2.45, 2.75) is 12.5 Å². The van der Waals surface area contributed by atoms with E-state index in [1.54, 1.807) is 42.5 Å². The van der Waals surface area contributed by atoms with Crippen molar-refractivity contribution < 1.29 is 23.5 Å². The molecule has 0 unspecified atom stereocenters. The first kappa shape index (κ1) is 25.3. The number of anilines is 1. The van der Waals surface area contributed by atoms with Crippen LogP contribution >= 0.6 is 11.3 Å². The number of amides is 3. The molecule has 1 aliphatic heterocycles. The number of urea groups is 1. The zero-order chi connectivity index (χ0) is 25.5. The summed E-state index contributed by atoms with van der Waals surface area (Å²) >= 11 is 1.50. The monoisotopic (exact) mass is 510 g/mol. The van der Waals surface area contributed by atoms with Gasteiger partial charge in [-0.25, -0.2) is 14.2 Å². The second kappa shape index (κ2) is 11.8. The minimum Gasteiger partial charge on any atom is -0.495 e. The van der Waals surface area contributed by atoms with Gasteiger partial charge in [0.15, 0.2) is 0 Å². The Morgan fingerprint density at radius 3 is 2.64 bits per heavy atom. The molecular formula is C26H27FN4O4S. The predicted octanol–water partition coefficient (Wildman–Crippen LogP) is 4.75. The highest BCUT2D eigenvalue weighted by atomic mass is 32.1. The van der Waals surface area contributed by atoms with Crippen LogP contribution in [0, 0.1) is 5.82 Å². The number of nitrogens with zero attached hydrogens (tertiary/aromatic N) is 3. The molecule has 0 aliphatic carbocycles. The number of carbonyl (C=O) groups excluding carboxylic acids is 2. The first-order valence-electron chi connectivity index (χ1n) is 11.4. The maximum atomic E-state index is 14.7. The molecule has 2 aromatic carbocycles. The summed E-state index contributed by atoms with van der Waals surface area (Å²) in [5, 5.41) is 10.6. The summed E-state index contributed by atoms with van der Waals surface area (Å²) in [7, 11) is 3.03. The Labute approximate surface area is 212 Å². The van der Waals surface area contributed by atoms with Gasteiger partial charge >= 0.3 is 6.03 Å². The molecule has 4 rings (SSSR count). The number of halogens is 1. The van der Waals surface area contributed by atoms with Gasteiger partial charge in [0.1, 0.15) is 18.1 Å². The molecule has 3 aromatic rings. The minimum atomic E-state index is -0.614. The third-order valence-corrected chi connectivity index (χ3v) is 6.68. The Balaban J connectivity index is 1.58. The van der Waals surface area contributed by atoms with E-state index in [0.717, 1.165) is 4.88 Å². The Morgan fingerprint density at radius 1 is 1.14 bits per heavy atom. The fourth-order valence-electron chi connectivity index (χ4n) is 3.95. The summed E-state index contributed by atoms with van der Waals surface area (Å²) in [6, 6.07) is 16.1. The number of para-hydroxylation sites is 2. The summed E-state index contributed by atoms with van der Waals surface area (Å²) in [5.41, 5.74) is 1.56. The highest BCUT2D eigenvalue weighted by Gasteiger charge is 2.36. The van der Waals surface area contributed by atoms with Crippen LogP contribution in [0.25, 0.3) is 0 Å². The molecule has 188 valence electrons. The van der Waals surface area contributed by atoms with E-state index in [2.05, 4.69) is 10.4 Å². The highest BCUT2D eigenvalue weighted by Crippen LogP contribution is 2.35. The molecule has 1 aromatic heterocycles. The molecule has 8 nitrogen and oxygen atoms in total. The molecule has 1 N–H and O–H groups in total. The van der Waals surface area contributed by atoms with Crippen LogP contribution in [0.5, 0.6) is 5.75 Å². The fraction of sp³-hybridized carbons (Fsp3) is 0.269. The molecule has 1 aliphatic rings. The zero-order valence-electron chi connectivity index (χ0n) is 20.0. The van der Waals surface area contributed by atoms with Crippen molar-refractivity contribution in [3.63, 3.8) is 0 Å². The van der Waals surface area contributed by atoms with Crippen LogP contribution in [0.4, 0.5) is 14.9 Å². The number of methoxy groups -OCH3 is 2. The van der Waals surface area contributed by atoms with E-state index in [4.69, 9.17) is 9.47 Å². The number of carbonyl (C=O) groups is 2. The largest absolute Gasteiger partial charge is 0.495 e. The molecule has 0 saturated carbocycles. The van der Waals surface area contributed by atoms with Gasteiger partial charge in [0.2, 0.25) is 0 Å². The van der Waals surface area contributed by atoms with Gasteiger partial charge in [0.25, 0.3) is 5.91 Å². The quantitative estimate of drug-likeness (QED) is 0.450. The lowest BCUT2D eigenvalue weighted by atomic mass is 10.0. The third-order valence-electron chi connectivity index (χ3n) is 5.76. The van der Waals surface area contributed by atoms with E-state index in [-0.39, 0.29) is 19.7 Å². The lowest BCUT2D eigenvalue weighted by molar-refractivity contribution is -0.133. The van der Waals surface area contributed by atoms with Gasteiger partial charge in [-0.2, -0.15) is 5.10 Å². The van der Waals surface area contributed by atoms with E-state index in [1.165, 1.54) is 41.5 Å². The number of benzene rings is 2. The molecule has 0 spiro atoms. The van der Waals surface area contributed by atoms with Gasteiger partial charge < -0.3 is 19.7 Å². The molecule has 36 heavy (non-hydrogen) atoms. The van der Waals surface area contributed by atoms with E-state index in [9.17, 15) is 14.0 Å². The van der Waals surface area contributed by atoms with E-state index in [1.807, 2.05) is 17.5 Å². The van der Waals surface area contributed by atoms with Crippen molar-refractivity contribution >= 4 is 34.7 Å². The standard InChI is InChI=1S/C26H27FN4O4S/c1-34-14-13-30(26(33)28-20-10-5-6-11-23(20)35-2)17-25(32)31-22(18-8-3-4-9-19(18)27)16-21(29-31)24-12-7-15-36-24/h3-12,15,22H,13-14,16-17H2,1-2H3,(H,28,33)/t22-/m1/s1. The molecule has 10 heteroatoms. The third kappa shape index (κ3) is 5.72. The molecule has 2 heterocycles. The van der Waals surface area contributed by atoms with Crippen LogP contribution in [-0.4, -0.2) is 61.5 Å². The van der Waals surface area contributed by atoms with Crippen LogP contribution < -0.4 is 10.1 Å². The van der Waals surface area contributed by atoms with Crippen LogP contribution in [0.1, 0.15) is 22.9 Å². The van der Waals surface area contributed by atoms with Gasteiger partial charge in [-0.05, 0) is 29.6 Å². The van der Waals surface area contributed by atoms with E-state index >= 15 is 0 Å². The maximum Gasteiger partial charge on any atom is 0.322 e. The Kier molecular flexibility index (Phi) is 8.29. The lowest BCUT2D eigenvalue weighted by Gasteiger charge is -2.27. The SMILES string of the molecule is COCCN(CC(=O)N1N=C(c2cccs2)C[C@@H]1c1ccccc1F)C(=O)Nc1ccccc1OC. The van der Waals surface area contributed by atoms with Crippen molar-refractivity contribution in [3.05, 3.63) is 82.3 Å². The van der Waals surface area contributed by atoms with Gasteiger partial charge in [-0.3, -0.25) is 4.79 Å². The average Bonchev–Trinajstić information content (AvgIpc) is 3.57. The van der Waals surface area contributed by atoms with Crippen molar-refractivity contribution in [2.75, 3.05) is 39.2 Å². The van der Waals surface area contributed by atoms with E-state index in [0.29, 0.717) is 29.1 Å². The lowest BCUT2D eigenvalue weighted by Crippen LogP contribution is -2.44. The van der Waals surface area contributed by atoms with Gasteiger partial charge in [-0.1, -0.05) is 36.4 Å². The molecule has 0 fully saturated rings. The Hall–Kier alpha value is -3.76. The summed E-state index contributed by atoms with van der Waals surface area (Å²) in [4.78, 5) is 28.9. The van der Waals surface area contributed by atoms with E-state index < -0.39 is 23.8 Å². The molecule has 0 bridgehead atoms. The van der Waals surface area contributed by atoms with Crippen LogP contribution in [0.3, 0.4) is 0 Å².